The van der Waals surface area contributed by atoms with Gasteiger partial charge < -0.3 is 14.1 Å². The summed E-state index contributed by atoms with van der Waals surface area (Å²) in [6.07, 6.45) is 5.33. The van der Waals surface area contributed by atoms with Crippen LogP contribution in [0.2, 0.25) is 0 Å². The first-order valence-electron chi connectivity index (χ1n) is 8.24. The van der Waals surface area contributed by atoms with E-state index < -0.39 is 0 Å². The lowest BCUT2D eigenvalue weighted by Gasteiger charge is -2.33. The topological polar surface area (TPSA) is 58.8 Å². The highest BCUT2D eigenvalue weighted by Crippen LogP contribution is 2.12. The Morgan fingerprint density at radius 2 is 2.29 bits per heavy atom. The molecule has 0 radical (unpaired) electrons. The summed E-state index contributed by atoms with van der Waals surface area (Å²) in [6.45, 7) is 5.50. The Labute approximate surface area is 142 Å². The van der Waals surface area contributed by atoms with E-state index in [9.17, 15) is 4.79 Å². The van der Waals surface area contributed by atoms with Crippen LogP contribution in [0.1, 0.15) is 18.2 Å². The Morgan fingerprint density at radius 3 is 3.00 bits per heavy atom. The van der Waals surface area contributed by atoms with Gasteiger partial charge in [0, 0.05) is 32.0 Å². The lowest BCUT2D eigenvalue weighted by Crippen LogP contribution is -2.48. The molecule has 0 unspecified atom stereocenters. The summed E-state index contributed by atoms with van der Waals surface area (Å²) in [4.78, 5) is 20.8. The molecule has 2 aromatic heterocycles. The van der Waals surface area contributed by atoms with Gasteiger partial charge in [0.25, 0.3) is 0 Å². The highest BCUT2D eigenvalue weighted by molar-refractivity contribution is 5.78. The molecule has 1 aliphatic rings. The van der Waals surface area contributed by atoms with Crippen LogP contribution in [-0.4, -0.2) is 53.0 Å². The minimum atomic E-state index is 0.0968. The number of pyridine rings is 1. The second-order valence-electron chi connectivity index (χ2n) is 6.11. The second kappa shape index (κ2) is 8.08. The van der Waals surface area contributed by atoms with Gasteiger partial charge >= 0.3 is 0 Å². The first-order chi connectivity index (χ1) is 11.7. The van der Waals surface area contributed by atoms with E-state index in [1.54, 1.807) is 12.5 Å². The largest absolute Gasteiger partial charge is 0.468 e. The number of morpholine rings is 1. The van der Waals surface area contributed by atoms with Crippen molar-refractivity contribution in [3.05, 3.63) is 54.2 Å². The zero-order valence-electron chi connectivity index (χ0n) is 13.9. The number of amides is 1. The third-order valence-corrected chi connectivity index (χ3v) is 4.04. The van der Waals surface area contributed by atoms with E-state index >= 15 is 0 Å². The monoisotopic (exact) mass is 329 g/mol. The summed E-state index contributed by atoms with van der Waals surface area (Å²) in [5.74, 6) is 0.975. The van der Waals surface area contributed by atoms with Crippen molar-refractivity contribution in [2.75, 3.05) is 26.2 Å². The van der Waals surface area contributed by atoms with Crippen molar-refractivity contribution in [1.29, 1.82) is 0 Å². The molecule has 1 saturated heterocycles. The SMILES string of the molecule is C[C@H]1CN(C(=O)CN(Cc2cccnc2)Cc2ccco2)CCO1. The first-order valence-corrected chi connectivity index (χ1v) is 8.24. The predicted molar refractivity (Wildman–Crippen MR) is 89.1 cm³/mol. The third-order valence-electron chi connectivity index (χ3n) is 4.04. The lowest BCUT2D eigenvalue weighted by molar-refractivity contribution is -0.139. The van der Waals surface area contributed by atoms with Crippen molar-refractivity contribution in [3.8, 4) is 0 Å². The summed E-state index contributed by atoms with van der Waals surface area (Å²) in [6, 6.07) is 7.72. The minimum absolute atomic E-state index is 0.0968. The molecule has 128 valence electrons. The molecule has 0 saturated carbocycles. The fourth-order valence-electron chi connectivity index (χ4n) is 2.88. The number of hydrogen-bond acceptors (Lipinski definition) is 5. The molecule has 0 aromatic carbocycles. The van der Waals surface area contributed by atoms with E-state index in [1.807, 2.05) is 42.3 Å². The number of hydrogen-bond donors (Lipinski definition) is 0. The molecule has 1 aliphatic heterocycles. The summed E-state index contributed by atoms with van der Waals surface area (Å²) in [5.41, 5.74) is 1.08. The van der Waals surface area contributed by atoms with Gasteiger partial charge in [0.2, 0.25) is 5.91 Å². The van der Waals surface area contributed by atoms with Gasteiger partial charge in [-0.15, -0.1) is 0 Å². The molecule has 1 amide bonds. The lowest BCUT2D eigenvalue weighted by atomic mass is 10.2. The normalized spacial score (nSPS) is 18.1. The van der Waals surface area contributed by atoms with Crippen LogP contribution in [-0.2, 0) is 22.6 Å². The zero-order valence-corrected chi connectivity index (χ0v) is 13.9. The van der Waals surface area contributed by atoms with Crippen molar-refractivity contribution in [2.45, 2.75) is 26.1 Å². The van der Waals surface area contributed by atoms with Crippen LogP contribution in [0.25, 0.3) is 0 Å². The molecule has 3 heterocycles. The van der Waals surface area contributed by atoms with Crippen molar-refractivity contribution >= 4 is 5.91 Å². The van der Waals surface area contributed by atoms with Crippen molar-refractivity contribution < 1.29 is 13.9 Å². The maximum absolute atomic E-state index is 12.7. The van der Waals surface area contributed by atoms with Gasteiger partial charge in [0.15, 0.2) is 0 Å². The number of furan rings is 1. The fraction of sp³-hybridized carbons (Fsp3) is 0.444. The van der Waals surface area contributed by atoms with E-state index in [0.717, 1.165) is 11.3 Å². The summed E-state index contributed by atoms with van der Waals surface area (Å²) >= 11 is 0. The Kier molecular flexibility index (Phi) is 5.61. The molecule has 6 heteroatoms. The zero-order chi connectivity index (χ0) is 16.8. The van der Waals surface area contributed by atoms with Crippen LogP contribution < -0.4 is 0 Å². The van der Waals surface area contributed by atoms with E-state index in [-0.39, 0.29) is 12.0 Å². The van der Waals surface area contributed by atoms with Crippen LogP contribution in [0, 0.1) is 0 Å². The van der Waals surface area contributed by atoms with Gasteiger partial charge in [0.05, 0.1) is 32.1 Å². The molecular formula is C18H23N3O3. The van der Waals surface area contributed by atoms with Gasteiger partial charge in [0.1, 0.15) is 5.76 Å². The average molecular weight is 329 g/mol. The smallest absolute Gasteiger partial charge is 0.236 e. The van der Waals surface area contributed by atoms with E-state index in [4.69, 9.17) is 9.15 Å². The standard InChI is InChI=1S/C18H23N3O3/c1-15-11-21(7-9-23-15)18(22)14-20(13-17-5-3-8-24-17)12-16-4-2-6-19-10-16/h2-6,8,10,15H,7,9,11-14H2,1H3/t15-/m0/s1. The molecule has 1 fully saturated rings. The molecule has 24 heavy (non-hydrogen) atoms. The maximum Gasteiger partial charge on any atom is 0.236 e. The van der Waals surface area contributed by atoms with E-state index in [2.05, 4.69) is 9.88 Å². The quantitative estimate of drug-likeness (QED) is 0.810. The second-order valence-corrected chi connectivity index (χ2v) is 6.11. The number of rotatable bonds is 6. The van der Waals surface area contributed by atoms with Gasteiger partial charge in [-0.05, 0) is 30.7 Å². The number of ether oxygens (including phenoxy) is 1. The van der Waals surface area contributed by atoms with Crippen LogP contribution in [0.5, 0.6) is 0 Å². The van der Waals surface area contributed by atoms with Crippen molar-refractivity contribution in [3.63, 3.8) is 0 Å². The van der Waals surface area contributed by atoms with Crippen LogP contribution in [0.15, 0.2) is 47.3 Å². The molecule has 0 spiro atoms. The molecule has 0 N–H and O–H groups in total. The number of nitrogens with zero attached hydrogens (tertiary/aromatic N) is 3. The highest BCUT2D eigenvalue weighted by Gasteiger charge is 2.23. The van der Waals surface area contributed by atoms with Gasteiger partial charge in [-0.2, -0.15) is 0 Å². The summed E-state index contributed by atoms with van der Waals surface area (Å²) < 4.78 is 11.0. The van der Waals surface area contributed by atoms with Crippen LogP contribution in [0.3, 0.4) is 0 Å². The molecular weight excluding hydrogens is 306 g/mol. The average Bonchev–Trinajstić information content (AvgIpc) is 3.08. The molecule has 1 atom stereocenters. The number of carbonyl (C=O) groups excluding carboxylic acids is 1. The van der Waals surface area contributed by atoms with Crippen LogP contribution in [0.4, 0.5) is 0 Å². The third kappa shape index (κ3) is 4.66. The number of aromatic nitrogens is 1. The Hall–Kier alpha value is -2.18. The molecule has 2 aromatic rings. The minimum Gasteiger partial charge on any atom is -0.468 e. The van der Waals surface area contributed by atoms with Gasteiger partial charge in [-0.1, -0.05) is 6.07 Å². The van der Waals surface area contributed by atoms with Crippen molar-refractivity contribution in [2.24, 2.45) is 0 Å². The Morgan fingerprint density at radius 1 is 1.38 bits per heavy atom. The van der Waals surface area contributed by atoms with Crippen molar-refractivity contribution in [1.82, 2.24) is 14.8 Å². The fourth-order valence-corrected chi connectivity index (χ4v) is 2.88. The molecule has 3 rings (SSSR count). The van der Waals surface area contributed by atoms with E-state index in [0.29, 0.717) is 39.3 Å². The highest BCUT2D eigenvalue weighted by atomic mass is 16.5. The predicted octanol–water partition coefficient (Wildman–Crippen LogP) is 1.92. The summed E-state index contributed by atoms with van der Waals surface area (Å²) in [5, 5.41) is 0. The van der Waals surface area contributed by atoms with Crippen LogP contribution >= 0.6 is 0 Å². The number of carbonyl (C=O) groups is 1. The first kappa shape index (κ1) is 16.7. The molecule has 0 aliphatic carbocycles. The van der Waals surface area contributed by atoms with Gasteiger partial charge in [-0.25, -0.2) is 0 Å². The van der Waals surface area contributed by atoms with E-state index in [1.165, 1.54) is 0 Å². The molecule has 0 bridgehead atoms. The maximum atomic E-state index is 12.7. The molecule has 6 nitrogen and oxygen atoms in total. The van der Waals surface area contributed by atoms with Gasteiger partial charge in [-0.3, -0.25) is 14.7 Å². The summed E-state index contributed by atoms with van der Waals surface area (Å²) in [7, 11) is 0. The Bertz CT molecular complexity index is 630. The Balaban J connectivity index is 1.65.